The molecule has 36 heavy (non-hydrogen) atoms. The van der Waals surface area contributed by atoms with Crippen LogP contribution in [0.3, 0.4) is 0 Å². The summed E-state index contributed by atoms with van der Waals surface area (Å²) in [7, 11) is 0. The maximum Gasteiger partial charge on any atom is 0.416 e. The fourth-order valence-corrected chi connectivity index (χ4v) is 3.94. The first-order chi connectivity index (χ1) is 17.0. The highest BCUT2D eigenvalue weighted by atomic mass is 19.4. The highest BCUT2D eigenvalue weighted by molar-refractivity contribution is 5.98. The lowest BCUT2D eigenvalue weighted by molar-refractivity contribution is -0.137. The van der Waals surface area contributed by atoms with Gasteiger partial charge in [0.1, 0.15) is 11.3 Å². The summed E-state index contributed by atoms with van der Waals surface area (Å²) in [5.74, 6) is -4.97. The molecule has 0 saturated heterocycles. The van der Waals surface area contributed by atoms with Gasteiger partial charge >= 0.3 is 6.18 Å². The Morgan fingerprint density at radius 2 is 1.86 bits per heavy atom. The van der Waals surface area contributed by atoms with Gasteiger partial charge in [-0.15, -0.1) is 5.10 Å². The van der Waals surface area contributed by atoms with E-state index < -0.39 is 36.0 Å². The van der Waals surface area contributed by atoms with E-state index in [0.717, 1.165) is 23.8 Å². The zero-order valence-corrected chi connectivity index (χ0v) is 19.4. The van der Waals surface area contributed by atoms with Crippen LogP contribution in [0.4, 0.5) is 22.0 Å². The van der Waals surface area contributed by atoms with Crippen molar-refractivity contribution in [2.24, 2.45) is 0 Å². The molecule has 0 radical (unpaired) electrons. The lowest BCUT2D eigenvalue weighted by Gasteiger charge is -2.22. The molecule has 190 valence electrons. The number of aromatic nitrogens is 2. The van der Waals surface area contributed by atoms with Gasteiger partial charge < -0.3 is 14.8 Å². The van der Waals surface area contributed by atoms with E-state index >= 15 is 0 Å². The monoisotopic (exact) mass is 507 g/mol. The topological polar surface area (TPSA) is 73.3 Å². The van der Waals surface area contributed by atoms with Crippen molar-refractivity contribution in [2.75, 3.05) is 13.2 Å². The van der Waals surface area contributed by atoms with Crippen LogP contribution in [0.1, 0.15) is 43.9 Å². The second-order valence-electron chi connectivity index (χ2n) is 8.44. The highest BCUT2D eigenvalue weighted by Crippen LogP contribution is 2.35. The number of carbonyl (C=O) groups is 1. The van der Waals surface area contributed by atoms with E-state index in [1.807, 2.05) is 0 Å². The van der Waals surface area contributed by atoms with Crippen LogP contribution < -0.4 is 10.1 Å². The molecule has 1 aliphatic heterocycles. The first-order valence-electron chi connectivity index (χ1n) is 11.0. The number of hydrogen-bond acceptors (Lipinski definition) is 5. The Morgan fingerprint density at radius 3 is 2.58 bits per heavy atom. The van der Waals surface area contributed by atoms with Crippen LogP contribution in [-0.4, -0.2) is 29.3 Å². The van der Waals surface area contributed by atoms with E-state index in [1.165, 1.54) is 12.1 Å². The Morgan fingerprint density at radius 1 is 1.08 bits per heavy atom. The molecule has 0 aliphatic carbocycles. The Kier molecular flexibility index (Phi) is 6.94. The number of nitrogens with zero attached hydrogens (tertiary/aromatic N) is 2. The third-order valence-electron chi connectivity index (χ3n) is 5.71. The molecule has 2 heterocycles. The van der Waals surface area contributed by atoms with Gasteiger partial charge in [0.25, 0.3) is 17.7 Å². The minimum atomic E-state index is -4.62. The van der Waals surface area contributed by atoms with Crippen LogP contribution >= 0.6 is 0 Å². The molecule has 3 aromatic rings. The van der Waals surface area contributed by atoms with E-state index in [9.17, 15) is 26.7 Å². The Labute approximate surface area is 203 Å². The number of fused-ring (bicyclic) bond motifs is 1. The first kappa shape index (κ1) is 25.5. The normalized spacial score (nSPS) is 13.8. The number of halogens is 5. The summed E-state index contributed by atoms with van der Waals surface area (Å²) in [6.07, 6.45) is -4.29. The summed E-state index contributed by atoms with van der Waals surface area (Å²) in [4.78, 5) is 13.1. The maximum atomic E-state index is 15.0. The molecular formula is C25H22F5N3O3. The number of carbonyl (C=O) groups excluding carboxylic acids is 1. The van der Waals surface area contributed by atoms with Crippen molar-refractivity contribution in [3.8, 4) is 11.6 Å². The Balaban J connectivity index is 1.64. The largest absolute Gasteiger partial charge is 0.437 e. The molecule has 1 aliphatic rings. The summed E-state index contributed by atoms with van der Waals surface area (Å²) in [5.41, 5.74) is 0.490. The van der Waals surface area contributed by atoms with Crippen molar-refractivity contribution in [3.63, 3.8) is 0 Å². The van der Waals surface area contributed by atoms with Crippen LogP contribution in [-0.2, 0) is 29.9 Å². The van der Waals surface area contributed by atoms with Crippen molar-refractivity contribution in [1.82, 2.24) is 15.5 Å². The lowest BCUT2D eigenvalue weighted by Crippen LogP contribution is -2.36. The number of amides is 1. The van der Waals surface area contributed by atoms with E-state index in [4.69, 9.17) is 9.47 Å². The second-order valence-corrected chi connectivity index (χ2v) is 8.44. The third-order valence-corrected chi connectivity index (χ3v) is 5.71. The quantitative estimate of drug-likeness (QED) is 0.446. The van der Waals surface area contributed by atoms with Gasteiger partial charge in [-0.25, -0.2) is 0 Å². The fourth-order valence-electron chi connectivity index (χ4n) is 3.94. The average Bonchev–Trinajstić information content (AvgIpc) is 2.82. The number of aryl methyl sites for hydroxylation is 2. The average molecular weight is 507 g/mol. The third kappa shape index (κ3) is 5.46. The molecule has 0 unspecified atom stereocenters. The van der Waals surface area contributed by atoms with Crippen LogP contribution in [0.5, 0.6) is 11.6 Å². The fraction of sp³-hybridized carbons (Fsp3) is 0.320. The van der Waals surface area contributed by atoms with E-state index in [1.54, 1.807) is 26.0 Å². The number of benzene rings is 2. The van der Waals surface area contributed by atoms with Gasteiger partial charge in [-0.2, -0.15) is 27.1 Å². The molecule has 11 heteroatoms. The van der Waals surface area contributed by atoms with Gasteiger partial charge in [-0.05, 0) is 37.6 Å². The number of nitrogens with one attached hydrogen (secondary N) is 1. The molecule has 2 aromatic carbocycles. The van der Waals surface area contributed by atoms with E-state index in [-0.39, 0.29) is 29.0 Å². The first-order valence-corrected chi connectivity index (χ1v) is 11.0. The predicted octanol–water partition coefficient (Wildman–Crippen LogP) is 5.50. The van der Waals surface area contributed by atoms with Crippen molar-refractivity contribution in [2.45, 2.75) is 39.0 Å². The van der Waals surface area contributed by atoms with Crippen LogP contribution in [0, 0.1) is 13.8 Å². The van der Waals surface area contributed by atoms with Crippen molar-refractivity contribution in [1.29, 1.82) is 0 Å². The minimum absolute atomic E-state index is 0.0555. The van der Waals surface area contributed by atoms with E-state index in [0.29, 0.717) is 24.3 Å². The Bertz CT molecular complexity index is 1290. The zero-order chi connectivity index (χ0) is 26.1. The summed E-state index contributed by atoms with van der Waals surface area (Å²) in [6.45, 7) is 2.59. The molecule has 0 atom stereocenters. The van der Waals surface area contributed by atoms with Crippen LogP contribution in [0.15, 0.2) is 42.5 Å². The number of alkyl halides is 5. The van der Waals surface area contributed by atoms with Gasteiger partial charge in [0.15, 0.2) is 0 Å². The molecule has 0 saturated carbocycles. The number of rotatable bonds is 6. The SMILES string of the molecule is Cc1ccc(C(F)(F)CNC(=O)c2c(Oc3cccc(C(F)(F)F)c3)nnc3c2COCC3)c(C)c1. The van der Waals surface area contributed by atoms with Crippen molar-refractivity contribution in [3.05, 3.63) is 81.5 Å². The van der Waals surface area contributed by atoms with E-state index in [2.05, 4.69) is 15.5 Å². The van der Waals surface area contributed by atoms with Crippen molar-refractivity contribution >= 4 is 5.91 Å². The Hall–Kier alpha value is -3.60. The number of hydrogen-bond donors (Lipinski definition) is 1. The van der Waals surface area contributed by atoms with Gasteiger partial charge in [-0.3, -0.25) is 4.79 Å². The van der Waals surface area contributed by atoms with Crippen LogP contribution in [0.25, 0.3) is 0 Å². The van der Waals surface area contributed by atoms with Gasteiger partial charge in [0.05, 0.1) is 31.0 Å². The smallest absolute Gasteiger partial charge is 0.416 e. The molecule has 1 aromatic heterocycles. The minimum Gasteiger partial charge on any atom is -0.437 e. The second kappa shape index (κ2) is 9.81. The molecule has 0 fully saturated rings. The van der Waals surface area contributed by atoms with Crippen molar-refractivity contribution < 1.29 is 36.2 Å². The molecule has 6 nitrogen and oxygen atoms in total. The highest BCUT2D eigenvalue weighted by Gasteiger charge is 2.35. The molecule has 0 spiro atoms. The summed E-state index contributed by atoms with van der Waals surface area (Å²) < 4.78 is 80.1. The summed E-state index contributed by atoms with van der Waals surface area (Å²) >= 11 is 0. The molecule has 1 N–H and O–H groups in total. The maximum absolute atomic E-state index is 15.0. The van der Waals surface area contributed by atoms with Gasteiger partial charge in [-0.1, -0.05) is 29.8 Å². The number of ether oxygens (including phenoxy) is 2. The molecule has 0 bridgehead atoms. The lowest BCUT2D eigenvalue weighted by atomic mass is 10.00. The van der Waals surface area contributed by atoms with Gasteiger partial charge in [0, 0.05) is 17.5 Å². The van der Waals surface area contributed by atoms with Gasteiger partial charge in [0.2, 0.25) is 0 Å². The summed E-state index contributed by atoms with van der Waals surface area (Å²) in [5, 5.41) is 10.1. The predicted molar refractivity (Wildman–Crippen MR) is 119 cm³/mol. The summed E-state index contributed by atoms with van der Waals surface area (Å²) in [6, 6.07) is 8.48. The zero-order valence-electron chi connectivity index (χ0n) is 19.4. The van der Waals surface area contributed by atoms with Crippen LogP contribution in [0.2, 0.25) is 0 Å². The standard InChI is InChI=1S/C25H22F5N3O3/c1-14-6-7-19(15(2)10-14)24(26,27)13-31-22(34)21-18-12-35-9-8-20(18)32-33-23(21)36-17-5-3-4-16(11-17)25(28,29)30/h3-7,10-11H,8-9,12-13H2,1-2H3,(H,31,34). The molecular weight excluding hydrogens is 485 g/mol. The molecule has 1 amide bonds. The molecule has 4 rings (SSSR count).